The van der Waals surface area contributed by atoms with Gasteiger partial charge in [0.2, 0.25) is 6.79 Å². The zero-order chi connectivity index (χ0) is 18.5. The van der Waals surface area contributed by atoms with Gasteiger partial charge in [-0.1, -0.05) is 147 Å². The van der Waals surface area contributed by atoms with Crippen molar-refractivity contribution in [2.75, 3.05) is 6.79 Å². The van der Waals surface area contributed by atoms with Gasteiger partial charge < -0.3 is 24.4 Å². The first-order valence-corrected chi connectivity index (χ1v) is 8.60. The van der Waals surface area contributed by atoms with Gasteiger partial charge in [0.05, 0.1) is 18.8 Å². The van der Waals surface area contributed by atoms with Crippen LogP contribution in [0.5, 0.6) is 11.5 Å². The highest BCUT2D eigenvalue weighted by Gasteiger charge is 2.29. The van der Waals surface area contributed by atoms with Crippen LogP contribution in [0.1, 0.15) is 168 Å². The zero-order valence-electron chi connectivity index (χ0n) is 14.3. The molecule has 5 rings (SSSR count). The van der Waals surface area contributed by atoms with Crippen LogP contribution in [-0.4, -0.2) is 23.0 Å². The molecular weight excluding hydrogens is 576 g/mol. The molecule has 0 saturated carbocycles. The van der Waals surface area contributed by atoms with Crippen molar-refractivity contribution in [1.82, 2.24) is 0 Å². The monoisotopic (exact) mass is 669 g/mol. The summed E-state index contributed by atoms with van der Waals surface area (Å²) in [7, 11) is 0. The first-order valence-electron chi connectivity index (χ1n) is 8.60. The van der Waals surface area contributed by atoms with Gasteiger partial charge in [0.25, 0.3) is 0 Å². The number of aliphatic hydroxyl groups excluding tert-OH is 2. The summed E-state index contributed by atoms with van der Waals surface area (Å²) in [5.74, 6) is 0.923. The minimum atomic E-state index is -0.364. The van der Waals surface area contributed by atoms with Gasteiger partial charge in [0.15, 0.2) is 11.5 Å². The summed E-state index contributed by atoms with van der Waals surface area (Å²) in [6, 6.07) is 11.1. The van der Waals surface area contributed by atoms with Gasteiger partial charge in [-0.3, -0.25) is 0 Å². The fraction of sp³-hybridized carbons (Fsp3) is 0.575. The molecule has 0 amide bonds. The standard InChI is InChI=1S/C21H16O6.19CH4/c22-7-13-3-12-4-15-9-25-21(24)20(15)19(16(12)5-14(13)8-23)11-1-2-17-18(6-11)27-10-26-17;;;;;;;;;;;;;;;;;;;/h1-6,22-23H,7-10H2;19*1H4. The molecule has 2 heterocycles. The second-order valence-electron chi connectivity index (χ2n) is 6.59. The Kier molecular flexibility index (Phi) is 80.1. The molecule has 2 aliphatic heterocycles. The maximum absolute atomic E-state index is 12.4. The number of hydrogen-bond donors (Lipinski definition) is 2. The molecule has 0 fully saturated rings. The minimum Gasteiger partial charge on any atom is -0.457 e. The SMILES string of the molecule is C.C.C.C.C.C.C.C.C.C.C.C.C.C.C.C.C.C.C.O=C1OCc2cc3cc(CO)c(CO)cc3c(-c3ccc4c(c3)OCO4)c21. The predicted octanol–water partition coefficient (Wildman–Crippen LogP) is 15.0. The molecule has 0 saturated heterocycles. The van der Waals surface area contributed by atoms with Crippen LogP contribution in [0.2, 0.25) is 0 Å². The molecule has 6 nitrogen and oxygen atoms in total. The van der Waals surface area contributed by atoms with Crippen molar-refractivity contribution in [2.24, 2.45) is 0 Å². The minimum absolute atomic E-state index is 0. The van der Waals surface area contributed by atoms with Gasteiger partial charge in [0.1, 0.15) is 6.61 Å². The molecule has 0 aliphatic carbocycles. The number of fused-ring (bicyclic) bond motifs is 3. The van der Waals surface area contributed by atoms with Crippen LogP contribution in [0.25, 0.3) is 21.9 Å². The molecule has 0 unspecified atom stereocenters. The lowest BCUT2D eigenvalue weighted by Gasteiger charge is -2.15. The Morgan fingerprint density at radius 1 is 0.522 bits per heavy atom. The molecule has 3 aromatic carbocycles. The van der Waals surface area contributed by atoms with Crippen LogP contribution in [-0.2, 0) is 24.6 Å². The summed E-state index contributed by atoms with van der Waals surface area (Å²) in [5, 5.41) is 21.0. The Morgan fingerprint density at radius 3 is 1.46 bits per heavy atom. The maximum Gasteiger partial charge on any atom is 0.339 e. The van der Waals surface area contributed by atoms with E-state index in [2.05, 4.69) is 0 Å². The average Bonchev–Trinajstić information content (AvgIpc) is 3.31. The molecule has 2 N–H and O–H groups in total. The molecular formula is C40H92O6. The van der Waals surface area contributed by atoms with Crippen molar-refractivity contribution < 1.29 is 29.2 Å². The predicted molar refractivity (Wildman–Crippen MR) is 224 cm³/mol. The zero-order valence-corrected chi connectivity index (χ0v) is 14.3. The van der Waals surface area contributed by atoms with E-state index in [1.807, 2.05) is 36.4 Å². The quantitative estimate of drug-likeness (QED) is 0.270. The van der Waals surface area contributed by atoms with E-state index in [1.54, 1.807) is 0 Å². The van der Waals surface area contributed by atoms with Crippen molar-refractivity contribution in [3.8, 4) is 22.6 Å². The lowest BCUT2D eigenvalue weighted by atomic mass is 9.88. The topological polar surface area (TPSA) is 85.2 Å². The molecule has 0 atom stereocenters. The second-order valence-corrected chi connectivity index (χ2v) is 6.59. The van der Waals surface area contributed by atoms with Gasteiger partial charge >= 0.3 is 5.97 Å². The first-order chi connectivity index (χ1) is 13.2. The number of hydrogen-bond acceptors (Lipinski definition) is 6. The van der Waals surface area contributed by atoms with Crippen molar-refractivity contribution in [2.45, 2.75) is 161 Å². The Bertz CT molecular complexity index is 1110. The lowest BCUT2D eigenvalue weighted by Crippen LogP contribution is -2.01. The number of carbonyl (C=O) groups excluding carboxylic acids is 1. The first kappa shape index (κ1) is 96.8. The van der Waals surface area contributed by atoms with Crippen LogP contribution in [0.4, 0.5) is 0 Å². The van der Waals surface area contributed by atoms with Crippen molar-refractivity contribution in [1.29, 1.82) is 0 Å². The average molecular weight is 669 g/mol. The highest BCUT2D eigenvalue weighted by atomic mass is 16.7. The Balaban J connectivity index is -0.0000000389. The molecule has 0 bridgehead atoms. The van der Waals surface area contributed by atoms with E-state index in [0.29, 0.717) is 28.2 Å². The fourth-order valence-corrected chi connectivity index (χ4v) is 3.81. The van der Waals surface area contributed by atoms with Crippen LogP contribution < -0.4 is 9.47 Å². The third-order valence-electron chi connectivity index (χ3n) is 5.11. The summed E-state index contributed by atoms with van der Waals surface area (Å²) in [5.41, 5.74) is 4.16. The Labute approximate surface area is 294 Å². The van der Waals surface area contributed by atoms with Gasteiger partial charge in [-0.15, -0.1) is 0 Å². The molecule has 6 heteroatoms. The van der Waals surface area contributed by atoms with E-state index in [9.17, 15) is 15.0 Å². The number of carbonyl (C=O) groups is 1. The summed E-state index contributed by atoms with van der Waals surface area (Å²) in [4.78, 5) is 12.4. The van der Waals surface area contributed by atoms with E-state index < -0.39 is 0 Å². The van der Waals surface area contributed by atoms with Crippen molar-refractivity contribution in [3.05, 3.63) is 58.7 Å². The molecule has 288 valence electrons. The van der Waals surface area contributed by atoms with Crippen LogP contribution >= 0.6 is 0 Å². The summed E-state index contributed by atoms with van der Waals surface area (Å²) >= 11 is 0. The third-order valence-corrected chi connectivity index (χ3v) is 5.11. The number of cyclic esters (lactones) is 1. The van der Waals surface area contributed by atoms with E-state index in [4.69, 9.17) is 14.2 Å². The van der Waals surface area contributed by atoms with E-state index in [-0.39, 0.29) is 174 Å². The van der Waals surface area contributed by atoms with E-state index >= 15 is 0 Å². The summed E-state index contributed by atoms with van der Waals surface area (Å²) in [6.45, 7) is 0.0203. The van der Waals surface area contributed by atoms with Gasteiger partial charge in [-0.25, -0.2) is 4.79 Å². The van der Waals surface area contributed by atoms with Crippen LogP contribution in [0.15, 0.2) is 36.4 Å². The van der Waals surface area contributed by atoms with Crippen molar-refractivity contribution in [3.63, 3.8) is 0 Å². The number of benzene rings is 3. The smallest absolute Gasteiger partial charge is 0.339 e. The third kappa shape index (κ3) is 15.5. The second kappa shape index (κ2) is 38.1. The molecule has 0 aromatic heterocycles. The largest absolute Gasteiger partial charge is 0.457 e. The Morgan fingerprint density at radius 2 is 0.978 bits per heavy atom. The molecule has 0 radical (unpaired) electrons. The number of ether oxygens (including phenoxy) is 3. The summed E-state index contributed by atoms with van der Waals surface area (Å²) < 4.78 is 16.1. The normalized spacial score (nSPS) is 8.52. The van der Waals surface area contributed by atoms with Gasteiger partial charge in [-0.2, -0.15) is 0 Å². The van der Waals surface area contributed by atoms with E-state index in [0.717, 1.165) is 27.5 Å². The maximum atomic E-state index is 12.4. The molecule has 0 spiro atoms. The fourth-order valence-electron chi connectivity index (χ4n) is 3.81. The van der Waals surface area contributed by atoms with E-state index in [1.165, 1.54) is 0 Å². The number of aliphatic hydroxyl groups is 2. The lowest BCUT2D eigenvalue weighted by molar-refractivity contribution is 0.0535. The summed E-state index contributed by atoms with van der Waals surface area (Å²) in [6.07, 6.45) is 0. The molecule has 46 heavy (non-hydrogen) atoms. The number of esters is 1. The highest BCUT2D eigenvalue weighted by molar-refractivity contribution is 6.11. The number of rotatable bonds is 3. The van der Waals surface area contributed by atoms with Crippen molar-refractivity contribution >= 4 is 16.7 Å². The van der Waals surface area contributed by atoms with Crippen LogP contribution in [0.3, 0.4) is 0 Å². The van der Waals surface area contributed by atoms with Gasteiger partial charge in [-0.05, 0) is 57.8 Å². The van der Waals surface area contributed by atoms with Gasteiger partial charge in [0, 0.05) is 11.1 Å². The van der Waals surface area contributed by atoms with Crippen LogP contribution in [0, 0.1) is 0 Å². The highest BCUT2D eigenvalue weighted by Crippen LogP contribution is 2.42. The molecule has 3 aromatic rings. The molecule has 2 aliphatic rings. The Hall–Kier alpha value is -3.09.